The zero-order valence-electron chi connectivity index (χ0n) is 43.0. The van der Waals surface area contributed by atoms with Crippen molar-refractivity contribution < 1.29 is 34.0 Å². The van der Waals surface area contributed by atoms with E-state index in [1.54, 1.807) is 6.20 Å². The Morgan fingerprint density at radius 3 is 1.83 bits per heavy atom. The Bertz CT molecular complexity index is 4500. The van der Waals surface area contributed by atoms with Crippen LogP contribution in [0.2, 0.25) is 0 Å². The van der Waals surface area contributed by atoms with Gasteiger partial charge in [0.25, 0.3) is 0 Å². The Labute approximate surface area is 427 Å². The van der Waals surface area contributed by atoms with Crippen LogP contribution in [-0.2, 0) is 24.8 Å². The van der Waals surface area contributed by atoms with Crippen LogP contribution in [0.25, 0.3) is 105 Å². The van der Waals surface area contributed by atoms with Crippen LogP contribution in [0, 0.1) is 3.80 Å². The van der Waals surface area contributed by atoms with Crippen molar-refractivity contribution in [2.75, 3.05) is 0 Å². The van der Waals surface area contributed by atoms with Gasteiger partial charge >= 0.3 is 368 Å². The number of rotatable bonds is 7. The third-order valence-corrected chi connectivity index (χ3v) is 14.5. The molecule has 0 atom stereocenters. The second-order valence-corrected chi connectivity index (χ2v) is 19.8. The first-order chi connectivity index (χ1) is 36.4. The fourth-order valence-electron chi connectivity index (χ4n) is 10.1. The molecule has 344 valence electrons. The number of fused-ring (bicyclic) bond motifs is 7. The van der Waals surface area contributed by atoms with Crippen molar-refractivity contribution in [3.05, 3.63) is 234 Å². The van der Waals surface area contributed by atoms with Crippen molar-refractivity contribution >= 4 is 60.3 Å². The van der Waals surface area contributed by atoms with E-state index in [1.165, 1.54) is 0 Å². The normalized spacial score (nSPS) is 12.7. The fraction of sp³-hybridized carbons (Fsp3) is 0.0625. The molecule has 0 aliphatic heterocycles. The van der Waals surface area contributed by atoms with Crippen LogP contribution in [0.3, 0.4) is 0 Å². The zero-order valence-corrected chi connectivity index (χ0v) is 41.2. The molecule has 0 saturated heterocycles. The standard InChI is InChI=1S/C64H46N4O2.Pt/c1-64(2,3)45-36-37-65-60(38-45)68-55-30-14-13-24-51(55)52-34-32-46(39-57(52)68)69-47-33-35-59-58(40-47)67-41-66(61-48(42-18-7-4-8-19-42)25-15-26-49(61)43-20-9-5-10-21-43)56-31-17-28-53(62(56)67)54-29-16-27-50(63(54)70-59)44-22-11-6-12-23-44;/h4-40H,1-3H3;/i13D,14D,24D,30D;. The first kappa shape index (κ1) is 38.5. The van der Waals surface area contributed by atoms with E-state index in [4.69, 9.17) is 18.3 Å². The number of benzene rings is 9. The molecule has 0 aliphatic carbocycles. The molecule has 9 aromatic carbocycles. The summed E-state index contributed by atoms with van der Waals surface area (Å²) in [6.07, 6.45) is 1.76. The van der Waals surface area contributed by atoms with Gasteiger partial charge in [0.05, 0.1) is 5.48 Å². The number of hydrogen-bond acceptors (Lipinski definition) is 3. The molecule has 71 heavy (non-hydrogen) atoms. The molecule has 13 rings (SSSR count). The average Bonchev–Trinajstić information content (AvgIpc) is 4.04. The van der Waals surface area contributed by atoms with Crippen molar-refractivity contribution in [3.63, 3.8) is 0 Å². The molecule has 13 aromatic rings. The van der Waals surface area contributed by atoms with E-state index in [0.717, 1.165) is 81.3 Å². The first-order valence-electron chi connectivity index (χ1n) is 25.6. The van der Waals surface area contributed by atoms with Gasteiger partial charge in [-0.3, -0.25) is 0 Å². The van der Waals surface area contributed by atoms with Crippen molar-refractivity contribution in [2.45, 2.75) is 26.2 Å². The predicted octanol–water partition coefficient (Wildman–Crippen LogP) is 17.0. The van der Waals surface area contributed by atoms with Gasteiger partial charge in [0.15, 0.2) is 0 Å². The van der Waals surface area contributed by atoms with E-state index in [1.807, 2.05) is 71.3 Å². The molecule has 0 bridgehead atoms. The molecule has 0 spiro atoms. The Balaban J connectivity index is 1.10. The number of imidazole rings is 1. The molecule has 0 N–H and O–H groups in total. The minimum absolute atomic E-state index is 0.110. The van der Waals surface area contributed by atoms with E-state index in [-0.39, 0.29) is 29.6 Å². The average molecular weight is 1100 g/mol. The minimum atomic E-state index is -0.307. The van der Waals surface area contributed by atoms with Gasteiger partial charge in [0.1, 0.15) is 0 Å². The molecule has 0 aliphatic rings. The van der Waals surface area contributed by atoms with Crippen LogP contribution in [0.15, 0.2) is 229 Å². The molecule has 0 amide bonds. The van der Waals surface area contributed by atoms with E-state index in [0.29, 0.717) is 44.7 Å². The Kier molecular flexibility index (Phi) is 9.21. The third kappa shape index (κ3) is 7.20. The predicted molar refractivity (Wildman–Crippen MR) is 287 cm³/mol. The molecule has 0 saturated carbocycles. The Morgan fingerprint density at radius 2 is 1.13 bits per heavy atom. The van der Waals surface area contributed by atoms with Crippen LogP contribution < -0.4 is 4.74 Å². The first-order valence-corrected chi connectivity index (χ1v) is 24.7. The summed E-state index contributed by atoms with van der Waals surface area (Å²) >= 11 is 2.48. The second kappa shape index (κ2) is 17.0. The van der Waals surface area contributed by atoms with Crippen LogP contribution >= 0.6 is 0 Å². The molecule has 0 unspecified atom stereocenters. The van der Waals surface area contributed by atoms with Crippen molar-refractivity contribution in [1.82, 2.24) is 18.5 Å². The van der Waals surface area contributed by atoms with Crippen molar-refractivity contribution in [3.8, 4) is 56.4 Å². The SMILES string of the molecule is [2H]c1c([2H])c([2H])c2c(c1[2H])c1ccc(Oc3ccc4oc5c(-c6ccccc6)cccc5c5cccc6c5n([c](=[Pt])n6-c5c(-c6ccccc6)cccc5-c5ccccc5)c4c3)cc1n2-c1cc(C(C)(C)C)ccn1. The monoisotopic (exact) mass is 1100 g/mol. The summed E-state index contributed by atoms with van der Waals surface area (Å²) in [7, 11) is 0. The van der Waals surface area contributed by atoms with Gasteiger partial charge in [0, 0.05) is 6.20 Å². The Hall–Kier alpha value is -8.31. The number of para-hydroxylation sites is 4. The molecule has 6 nitrogen and oxygen atoms in total. The zero-order chi connectivity index (χ0) is 51.3. The maximum absolute atomic E-state index is 9.18. The fourth-order valence-corrected chi connectivity index (χ4v) is 11.2. The van der Waals surface area contributed by atoms with Gasteiger partial charge in [-0.25, -0.2) is 0 Å². The minimum Gasteiger partial charge on any atom is -0.0561 e. The maximum atomic E-state index is 9.18. The van der Waals surface area contributed by atoms with Crippen molar-refractivity contribution in [2.24, 2.45) is 0 Å². The van der Waals surface area contributed by atoms with Crippen LogP contribution in [0.5, 0.6) is 11.5 Å². The number of hydrogen-bond donors (Lipinski definition) is 0. The third-order valence-electron chi connectivity index (χ3n) is 13.5. The van der Waals surface area contributed by atoms with Gasteiger partial charge in [-0.1, -0.05) is 32.9 Å². The Morgan fingerprint density at radius 1 is 0.521 bits per heavy atom. The number of nitrogens with zero attached hydrogens (tertiary/aromatic N) is 4. The summed E-state index contributed by atoms with van der Waals surface area (Å²) in [5, 5.41) is 3.04. The van der Waals surface area contributed by atoms with Gasteiger partial charge in [-0.05, 0) is 17.0 Å². The molecule has 7 heteroatoms. The van der Waals surface area contributed by atoms with E-state index in [9.17, 15) is 1.37 Å². The quantitative estimate of drug-likeness (QED) is 0.160. The van der Waals surface area contributed by atoms with E-state index < -0.39 is 0 Å². The van der Waals surface area contributed by atoms with Gasteiger partial charge < -0.3 is 0 Å². The van der Waals surface area contributed by atoms with E-state index >= 15 is 0 Å². The summed E-state index contributed by atoms with van der Waals surface area (Å²) in [6.45, 7) is 6.40. The van der Waals surface area contributed by atoms with Crippen LogP contribution in [-0.4, -0.2) is 18.5 Å². The topological polar surface area (TPSA) is 49.5 Å². The second-order valence-electron chi connectivity index (χ2n) is 18.8. The van der Waals surface area contributed by atoms with Crippen molar-refractivity contribution in [1.29, 1.82) is 0 Å². The van der Waals surface area contributed by atoms with Gasteiger partial charge in [0.2, 0.25) is 0 Å². The smallest absolute Gasteiger partial charge is 0.0561 e. The number of ether oxygens (including phenoxy) is 1. The molecule has 0 radical (unpaired) electrons. The van der Waals surface area contributed by atoms with E-state index in [2.05, 4.69) is 176 Å². The molecule has 4 heterocycles. The molecule has 0 fully saturated rings. The van der Waals surface area contributed by atoms with Crippen LogP contribution in [0.4, 0.5) is 0 Å². The summed E-state index contributed by atoms with van der Waals surface area (Å²) < 4.78 is 57.3. The summed E-state index contributed by atoms with van der Waals surface area (Å²) in [4.78, 5) is 4.80. The van der Waals surface area contributed by atoms with Gasteiger partial charge in [-0.15, -0.1) is 0 Å². The number of aromatic nitrogens is 4. The molecular weight excluding hydrogens is 1050 g/mol. The summed E-state index contributed by atoms with van der Waals surface area (Å²) in [5.41, 5.74) is 13.4. The summed E-state index contributed by atoms with van der Waals surface area (Å²) in [5.74, 6) is 1.59. The summed E-state index contributed by atoms with van der Waals surface area (Å²) in [6, 6.07) is 65.6. The molecule has 4 aromatic heterocycles. The number of pyridine rings is 1. The molecular formula is C64H46N4O2Pt. The van der Waals surface area contributed by atoms with Crippen LogP contribution in [0.1, 0.15) is 31.8 Å². The van der Waals surface area contributed by atoms with Gasteiger partial charge in [-0.2, -0.15) is 0 Å².